The van der Waals surface area contributed by atoms with E-state index in [0.717, 1.165) is 40.4 Å². The van der Waals surface area contributed by atoms with Crippen LogP contribution in [0.3, 0.4) is 0 Å². The Balaban J connectivity index is 1.38. The van der Waals surface area contributed by atoms with Crippen molar-refractivity contribution in [2.45, 2.75) is 6.92 Å². The number of fused-ring (bicyclic) bond motifs is 1. The number of benzene rings is 2. The summed E-state index contributed by atoms with van der Waals surface area (Å²) < 4.78 is 1.15. The number of hydrogen-bond donors (Lipinski definition) is 2. The number of aromatic nitrogens is 1. The minimum absolute atomic E-state index is 0.493. The smallest absolute Gasteiger partial charge is 0.313 e. The van der Waals surface area contributed by atoms with E-state index in [4.69, 9.17) is 5.73 Å². The first-order valence-corrected chi connectivity index (χ1v) is 10.9. The summed E-state index contributed by atoms with van der Waals surface area (Å²) in [5.41, 5.74) is 9.34. The highest BCUT2D eigenvalue weighted by Crippen LogP contribution is 2.31. The Bertz CT molecular complexity index is 1060. The van der Waals surface area contributed by atoms with Crippen LogP contribution in [0.1, 0.15) is 5.56 Å². The number of nitrogens with one attached hydrogen (secondary N) is 1. The maximum absolute atomic E-state index is 12.4. The van der Waals surface area contributed by atoms with E-state index in [1.165, 1.54) is 5.56 Å². The first-order valence-electron chi connectivity index (χ1n) is 10.0. The first kappa shape index (κ1) is 20.5. The fourth-order valence-electron chi connectivity index (χ4n) is 3.54. The van der Waals surface area contributed by atoms with Gasteiger partial charge in [0.1, 0.15) is 5.01 Å². The molecular formula is C22H25N5O2S. The van der Waals surface area contributed by atoms with E-state index in [1.807, 2.05) is 18.2 Å². The van der Waals surface area contributed by atoms with Crippen molar-refractivity contribution >= 4 is 39.1 Å². The summed E-state index contributed by atoms with van der Waals surface area (Å²) in [7, 11) is 0. The Morgan fingerprint density at radius 2 is 1.83 bits per heavy atom. The standard InChI is InChI=1S/C22H25N5O2S/c1-15-2-7-18-19(14-15)30-21(25-18)16-3-5-17(6-4-16)24-20(28)22(29)27-12-10-26(9-8-23)11-13-27/h2-7,14H,8-13,23H2,1H3,(H,24,28). The SMILES string of the molecule is Cc1ccc2nc(-c3ccc(NC(=O)C(=O)N4CCN(CCN)CC4)cc3)sc2c1. The Labute approximate surface area is 179 Å². The van der Waals surface area contributed by atoms with Crippen molar-refractivity contribution in [1.29, 1.82) is 0 Å². The van der Waals surface area contributed by atoms with Gasteiger partial charge in [-0.1, -0.05) is 6.07 Å². The minimum Gasteiger partial charge on any atom is -0.332 e. The van der Waals surface area contributed by atoms with Gasteiger partial charge in [-0.3, -0.25) is 14.5 Å². The van der Waals surface area contributed by atoms with Gasteiger partial charge in [0.25, 0.3) is 0 Å². The molecule has 156 valence electrons. The van der Waals surface area contributed by atoms with Crippen LogP contribution in [0.4, 0.5) is 5.69 Å². The molecule has 7 nitrogen and oxygen atoms in total. The molecule has 8 heteroatoms. The zero-order valence-corrected chi connectivity index (χ0v) is 17.7. The number of amides is 2. The van der Waals surface area contributed by atoms with Crippen molar-refractivity contribution in [2.24, 2.45) is 5.73 Å². The van der Waals surface area contributed by atoms with Gasteiger partial charge in [-0.2, -0.15) is 0 Å². The van der Waals surface area contributed by atoms with Gasteiger partial charge < -0.3 is 16.0 Å². The van der Waals surface area contributed by atoms with Crippen LogP contribution in [-0.4, -0.2) is 65.9 Å². The van der Waals surface area contributed by atoms with Gasteiger partial charge in [-0.05, 0) is 48.9 Å². The molecule has 3 aromatic rings. The van der Waals surface area contributed by atoms with Gasteiger partial charge in [0.15, 0.2) is 0 Å². The predicted octanol–water partition coefficient (Wildman–Crippen LogP) is 2.31. The van der Waals surface area contributed by atoms with Crippen LogP contribution in [-0.2, 0) is 9.59 Å². The van der Waals surface area contributed by atoms with Crippen LogP contribution in [0, 0.1) is 6.92 Å². The van der Waals surface area contributed by atoms with Gasteiger partial charge >= 0.3 is 11.8 Å². The molecule has 1 aliphatic heterocycles. The second-order valence-corrected chi connectivity index (χ2v) is 8.47. The van der Waals surface area contributed by atoms with Crippen molar-refractivity contribution in [3.05, 3.63) is 48.0 Å². The summed E-state index contributed by atoms with van der Waals surface area (Å²) in [6.07, 6.45) is 0. The van der Waals surface area contributed by atoms with Crippen molar-refractivity contribution in [3.63, 3.8) is 0 Å². The van der Waals surface area contributed by atoms with Gasteiger partial charge in [0.2, 0.25) is 0 Å². The molecule has 30 heavy (non-hydrogen) atoms. The zero-order chi connectivity index (χ0) is 21.1. The molecule has 0 unspecified atom stereocenters. The molecule has 1 fully saturated rings. The Morgan fingerprint density at radius 1 is 1.10 bits per heavy atom. The van der Waals surface area contributed by atoms with Crippen molar-refractivity contribution in [2.75, 3.05) is 44.6 Å². The molecule has 0 atom stereocenters. The Kier molecular flexibility index (Phi) is 6.08. The molecule has 1 aliphatic rings. The number of anilines is 1. The number of carbonyl (C=O) groups excluding carboxylic acids is 2. The van der Waals surface area contributed by atoms with Crippen molar-refractivity contribution < 1.29 is 9.59 Å². The number of nitrogens with two attached hydrogens (primary N) is 1. The van der Waals surface area contributed by atoms with E-state index < -0.39 is 11.8 Å². The lowest BCUT2D eigenvalue weighted by atomic mass is 10.2. The highest BCUT2D eigenvalue weighted by Gasteiger charge is 2.25. The molecule has 1 aromatic heterocycles. The van der Waals surface area contributed by atoms with E-state index in [2.05, 4.69) is 34.3 Å². The van der Waals surface area contributed by atoms with E-state index in [1.54, 1.807) is 28.4 Å². The van der Waals surface area contributed by atoms with Gasteiger partial charge in [0, 0.05) is 50.5 Å². The third-order valence-corrected chi connectivity index (χ3v) is 6.30. The van der Waals surface area contributed by atoms with E-state index in [-0.39, 0.29) is 0 Å². The minimum atomic E-state index is -0.606. The maximum atomic E-state index is 12.4. The number of rotatable bonds is 4. The number of nitrogens with zero attached hydrogens (tertiary/aromatic N) is 3. The third-order valence-electron chi connectivity index (χ3n) is 5.23. The Morgan fingerprint density at radius 3 is 2.53 bits per heavy atom. The van der Waals surface area contributed by atoms with Gasteiger partial charge in [-0.15, -0.1) is 11.3 Å². The van der Waals surface area contributed by atoms with Crippen LogP contribution >= 0.6 is 11.3 Å². The van der Waals surface area contributed by atoms with Gasteiger partial charge in [0.05, 0.1) is 10.2 Å². The molecule has 0 saturated carbocycles. The summed E-state index contributed by atoms with van der Waals surface area (Å²) in [5, 5.41) is 3.64. The molecule has 3 N–H and O–H groups in total. The number of thiazole rings is 1. The summed E-state index contributed by atoms with van der Waals surface area (Å²) in [6.45, 7) is 6.05. The number of aryl methyl sites for hydroxylation is 1. The van der Waals surface area contributed by atoms with E-state index in [9.17, 15) is 9.59 Å². The first-order chi connectivity index (χ1) is 14.5. The monoisotopic (exact) mass is 423 g/mol. The normalized spacial score (nSPS) is 14.8. The summed E-state index contributed by atoms with van der Waals surface area (Å²) >= 11 is 1.64. The second-order valence-electron chi connectivity index (χ2n) is 7.44. The summed E-state index contributed by atoms with van der Waals surface area (Å²) in [5.74, 6) is -1.10. The van der Waals surface area contributed by atoms with E-state index >= 15 is 0 Å². The highest BCUT2D eigenvalue weighted by molar-refractivity contribution is 7.21. The summed E-state index contributed by atoms with van der Waals surface area (Å²) in [4.78, 5) is 33.3. The average molecular weight is 424 g/mol. The lowest BCUT2D eigenvalue weighted by Gasteiger charge is -2.34. The molecule has 2 amide bonds. The molecule has 0 radical (unpaired) electrons. The molecule has 0 spiro atoms. The lowest BCUT2D eigenvalue weighted by molar-refractivity contribution is -0.144. The average Bonchev–Trinajstić information content (AvgIpc) is 3.17. The quantitative estimate of drug-likeness (QED) is 0.629. The molecule has 2 aromatic carbocycles. The molecular weight excluding hydrogens is 398 g/mol. The molecule has 0 aliphatic carbocycles. The second kappa shape index (κ2) is 8.91. The number of piperazine rings is 1. The Hall–Kier alpha value is -2.81. The van der Waals surface area contributed by atoms with E-state index in [0.29, 0.717) is 25.3 Å². The van der Waals surface area contributed by atoms with Gasteiger partial charge in [-0.25, -0.2) is 4.98 Å². The van der Waals surface area contributed by atoms with Crippen LogP contribution < -0.4 is 11.1 Å². The number of hydrogen-bond acceptors (Lipinski definition) is 6. The largest absolute Gasteiger partial charge is 0.332 e. The molecule has 1 saturated heterocycles. The number of carbonyl (C=O) groups is 2. The zero-order valence-electron chi connectivity index (χ0n) is 16.9. The fourth-order valence-corrected chi connectivity index (χ4v) is 4.61. The van der Waals surface area contributed by atoms with Crippen LogP contribution in [0.5, 0.6) is 0 Å². The summed E-state index contributed by atoms with van der Waals surface area (Å²) in [6, 6.07) is 13.6. The van der Waals surface area contributed by atoms with Crippen molar-refractivity contribution in [3.8, 4) is 10.6 Å². The third kappa shape index (κ3) is 4.51. The molecule has 0 bridgehead atoms. The fraction of sp³-hybridized carbons (Fsp3) is 0.318. The topological polar surface area (TPSA) is 91.6 Å². The lowest BCUT2D eigenvalue weighted by Crippen LogP contribution is -2.52. The van der Waals surface area contributed by atoms with Crippen LogP contribution in [0.2, 0.25) is 0 Å². The van der Waals surface area contributed by atoms with Crippen molar-refractivity contribution in [1.82, 2.24) is 14.8 Å². The van der Waals surface area contributed by atoms with Crippen LogP contribution in [0.15, 0.2) is 42.5 Å². The highest BCUT2D eigenvalue weighted by atomic mass is 32.1. The predicted molar refractivity (Wildman–Crippen MR) is 120 cm³/mol. The molecule has 4 rings (SSSR count). The van der Waals surface area contributed by atoms with Crippen LogP contribution in [0.25, 0.3) is 20.8 Å². The molecule has 2 heterocycles. The maximum Gasteiger partial charge on any atom is 0.313 e.